The van der Waals surface area contributed by atoms with E-state index < -0.39 is 0 Å². The molecule has 5 nitrogen and oxygen atoms in total. The second-order valence-corrected chi connectivity index (χ2v) is 3.91. The van der Waals surface area contributed by atoms with Crippen molar-refractivity contribution in [3.8, 4) is 0 Å². The maximum atomic E-state index is 12.3. The molecule has 2 rings (SSSR count). The lowest BCUT2D eigenvalue weighted by atomic mass is 10.1. The molecular formula is C13H13N3O2. The van der Waals surface area contributed by atoms with Crippen molar-refractivity contribution in [2.24, 2.45) is 0 Å². The lowest BCUT2D eigenvalue weighted by Gasteiger charge is -2.09. The molecule has 0 saturated heterocycles. The molecule has 0 unspecified atom stereocenters. The molecule has 0 N–H and O–H groups in total. The first-order valence-electron chi connectivity index (χ1n) is 5.41. The highest BCUT2D eigenvalue weighted by molar-refractivity contribution is 6.27. The van der Waals surface area contributed by atoms with Crippen molar-refractivity contribution < 1.29 is 9.21 Å². The topological polar surface area (TPSA) is 59.2 Å². The second-order valence-electron chi connectivity index (χ2n) is 3.91. The van der Waals surface area contributed by atoms with E-state index in [1.165, 1.54) is 12.6 Å². The van der Waals surface area contributed by atoms with E-state index in [2.05, 4.69) is 9.97 Å². The molecule has 0 radical (unpaired) electrons. The van der Waals surface area contributed by atoms with Crippen LogP contribution in [0.3, 0.4) is 0 Å². The monoisotopic (exact) mass is 243 g/mol. The Labute approximate surface area is 105 Å². The number of carbonyl (C=O) groups is 1. The molecule has 2 aromatic heterocycles. The van der Waals surface area contributed by atoms with Crippen molar-refractivity contribution in [1.29, 1.82) is 0 Å². The number of carbonyl (C=O) groups excluding carboxylic acids is 1. The van der Waals surface area contributed by atoms with E-state index in [1.54, 1.807) is 35.5 Å². The van der Waals surface area contributed by atoms with Gasteiger partial charge in [-0.05, 0) is 18.2 Å². The fraction of sp³-hybridized carbons (Fsp3) is 0.154. The summed E-state index contributed by atoms with van der Waals surface area (Å²) in [5, 5.41) is 0. The summed E-state index contributed by atoms with van der Waals surface area (Å²) in [5.41, 5.74) is 1.04. The molecule has 2 heterocycles. The number of allylic oxidation sites excluding steroid dienone is 1. The molecule has 0 fully saturated rings. The summed E-state index contributed by atoms with van der Waals surface area (Å²) in [6.07, 6.45) is 6.20. The SMILES string of the molecule is CN(C)/C=C(\C(=O)c1ccco1)c1ccncn1. The quantitative estimate of drug-likeness (QED) is 0.606. The van der Waals surface area contributed by atoms with Crippen molar-refractivity contribution in [3.05, 3.63) is 54.6 Å². The van der Waals surface area contributed by atoms with E-state index in [4.69, 9.17) is 4.42 Å². The van der Waals surface area contributed by atoms with Crippen LogP contribution in [0.25, 0.3) is 5.57 Å². The molecule has 0 spiro atoms. The number of rotatable bonds is 4. The minimum Gasteiger partial charge on any atom is -0.461 e. The molecule has 0 saturated carbocycles. The predicted molar refractivity (Wildman–Crippen MR) is 66.7 cm³/mol. The van der Waals surface area contributed by atoms with Crippen molar-refractivity contribution in [1.82, 2.24) is 14.9 Å². The van der Waals surface area contributed by atoms with Crippen molar-refractivity contribution >= 4 is 11.4 Å². The summed E-state index contributed by atoms with van der Waals surface area (Å²) in [5.74, 6) is 0.0918. The predicted octanol–water partition coefficient (Wildman–Crippen LogP) is 1.85. The third-order valence-corrected chi connectivity index (χ3v) is 2.23. The molecular weight excluding hydrogens is 230 g/mol. The fourth-order valence-electron chi connectivity index (χ4n) is 1.49. The first kappa shape index (κ1) is 12.0. The first-order chi connectivity index (χ1) is 8.68. The lowest BCUT2D eigenvalue weighted by molar-refractivity contribution is 0.103. The summed E-state index contributed by atoms with van der Waals surface area (Å²) < 4.78 is 5.13. The van der Waals surface area contributed by atoms with Gasteiger partial charge in [-0.25, -0.2) is 9.97 Å². The minimum atomic E-state index is -0.201. The zero-order valence-electron chi connectivity index (χ0n) is 10.2. The molecule has 0 bridgehead atoms. The van der Waals surface area contributed by atoms with Gasteiger partial charge in [0.15, 0.2) is 5.76 Å². The van der Waals surface area contributed by atoms with Crippen LogP contribution in [0.5, 0.6) is 0 Å². The van der Waals surface area contributed by atoms with Crippen molar-refractivity contribution in [2.45, 2.75) is 0 Å². The van der Waals surface area contributed by atoms with Gasteiger partial charge in [-0.3, -0.25) is 4.79 Å². The van der Waals surface area contributed by atoms with Crippen molar-refractivity contribution in [2.75, 3.05) is 14.1 Å². The number of nitrogens with zero attached hydrogens (tertiary/aromatic N) is 3. The largest absolute Gasteiger partial charge is 0.461 e. The molecule has 92 valence electrons. The molecule has 0 amide bonds. The van der Waals surface area contributed by atoms with Crippen LogP contribution in [0.4, 0.5) is 0 Å². The van der Waals surface area contributed by atoms with Crippen LogP contribution in [0.15, 0.2) is 47.6 Å². The molecule has 0 aliphatic rings. The highest BCUT2D eigenvalue weighted by atomic mass is 16.3. The highest BCUT2D eigenvalue weighted by Gasteiger charge is 2.18. The van der Waals surface area contributed by atoms with Crippen LogP contribution in [-0.4, -0.2) is 34.7 Å². The molecule has 0 atom stereocenters. The van der Waals surface area contributed by atoms with Gasteiger partial charge in [-0.15, -0.1) is 0 Å². The number of aromatic nitrogens is 2. The summed E-state index contributed by atoms with van der Waals surface area (Å²) in [7, 11) is 3.69. The van der Waals surface area contributed by atoms with Crippen LogP contribution in [-0.2, 0) is 0 Å². The minimum absolute atomic E-state index is 0.201. The number of furan rings is 1. The Morgan fingerprint density at radius 1 is 1.39 bits per heavy atom. The van der Waals surface area contributed by atoms with Crippen LogP contribution in [0.1, 0.15) is 16.2 Å². The van der Waals surface area contributed by atoms with Crippen molar-refractivity contribution in [3.63, 3.8) is 0 Å². The van der Waals surface area contributed by atoms with Crippen LogP contribution < -0.4 is 0 Å². The molecule has 2 aromatic rings. The third kappa shape index (κ3) is 2.63. The average Bonchev–Trinajstić information content (AvgIpc) is 2.90. The van der Waals surface area contributed by atoms with Crippen LogP contribution >= 0.6 is 0 Å². The standard InChI is InChI=1S/C13H13N3O2/c1-16(2)8-10(11-5-6-14-9-15-11)13(17)12-4-3-7-18-12/h3-9H,1-2H3/b10-8-. The van der Waals surface area contributed by atoms with Gasteiger partial charge in [0, 0.05) is 26.5 Å². The highest BCUT2D eigenvalue weighted by Crippen LogP contribution is 2.18. The third-order valence-electron chi connectivity index (χ3n) is 2.23. The summed E-state index contributed by atoms with van der Waals surface area (Å²) in [6, 6.07) is 5.00. The van der Waals surface area contributed by atoms with Gasteiger partial charge in [0.2, 0.25) is 5.78 Å². The fourth-order valence-corrected chi connectivity index (χ4v) is 1.49. The smallest absolute Gasteiger partial charge is 0.231 e. The van der Waals surface area contributed by atoms with Gasteiger partial charge in [0.25, 0.3) is 0 Å². The van der Waals surface area contributed by atoms with E-state index in [1.807, 2.05) is 14.1 Å². The molecule has 5 heteroatoms. The molecule has 0 aliphatic carbocycles. The van der Waals surface area contributed by atoms with E-state index in [9.17, 15) is 4.79 Å². The maximum Gasteiger partial charge on any atom is 0.231 e. The molecule has 0 aliphatic heterocycles. The Bertz CT molecular complexity index is 545. The van der Waals surface area contributed by atoms with Gasteiger partial charge >= 0.3 is 0 Å². The maximum absolute atomic E-state index is 12.3. The van der Waals surface area contributed by atoms with Gasteiger partial charge in [0.1, 0.15) is 6.33 Å². The Balaban J connectivity index is 2.42. The lowest BCUT2D eigenvalue weighted by Crippen LogP contribution is -2.09. The van der Waals surface area contributed by atoms with Crippen LogP contribution in [0, 0.1) is 0 Å². The number of Topliss-reactive ketones (excluding diaryl/α,β-unsaturated/α-hetero) is 1. The van der Waals surface area contributed by atoms with Gasteiger partial charge in [-0.1, -0.05) is 0 Å². The average molecular weight is 243 g/mol. The second kappa shape index (κ2) is 5.27. The van der Waals surface area contributed by atoms with Gasteiger partial charge in [0.05, 0.1) is 17.5 Å². The molecule has 0 aromatic carbocycles. The van der Waals surface area contributed by atoms with Gasteiger partial charge < -0.3 is 9.32 Å². The zero-order chi connectivity index (χ0) is 13.0. The summed E-state index contributed by atoms with van der Waals surface area (Å²) >= 11 is 0. The molecule has 18 heavy (non-hydrogen) atoms. The Kier molecular flexibility index (Phi) is 3.52. The zero-order valence-corrected chi connectivity index (χ0v) is 10.2. The normalized spacial score (nSPS) is 11.3. The Morgan fingerprint density at radius 3 is 2.78 bits per heavy atom. The van der Waals surface area contributed by atoms with Crippen LogP contribution in [0.2, 0.25) is 0 Å². The summed E-state index contributed by atoms with van der Waals surface area (Å²) in [4.78, 5) is 22.0. The summed E-state index contributed by atoms with van der Waals surface area (Å²) in [6.45, 7) is 0. The van der Waals surface area contributed by atoms with E-state index >= 15 is 0 Å². The first-order valence-corrected chi connectivity index (χ1v) is 5.41. The van der Waals surface area contributed by atoms with Gasteiger partial charge in [-0.2, -0.15) is 0 Å². The number of ketones is 1. The Hall–Kier alpha value is -2.43. The van der Waals surface area contributed by atoms with E-state index in [0.717, 1.165) is 0 Å². The van der Waals surface area contributed by atoms with E-state index in [0.29, 0.717) is 17.0 Å². The Morgan fingerprint density at radius 2 is 2.22 bits per heavy atom. The van der Waals surface area contributed by atoms with E-state index in [-0.39, 0.29) is 5.78 Å². The number of hydrogen-bond donors (Lipinski definition) is 0. The number of hydrogen-bond acceptors (Lipinski definition) is 5.